The maximum absolute atomic E-state index is 4.23. The van der Waals surface area contributed by atoms with Crippen LogP contribution in [0.4, 0.5) is 17.1 Å². The molecule has 0 fully saturated rings. The van der Waals surface area contributed by atoms with E-state index < -0.39 is 0 Å². The molecule has 0 saturated heterocycles. The molecule has 2 heteroatoms. The predicted molar refractivity (Wildman–Crippen MR) is 375 cm³/mol. The van der Waals surface area contributed by atoms with Crippen LogP contribution in [0.15, 0.2) is 321 Å². The third-order valence-corrected chi connectivity index (χ3v) is 16.4. The Kier molecular flexibility index (Phi) is 16.4. The van der Waals surface area contributed by atoms with E-state index >= 15 is 0 Å². The van der Waals surface area contributed by atoms with Crippen molar-refractivity contribution in [2.45, 2.75) is 41.0 Å². The average molecular weight is 1110 g/mol. The summed E-state index contributed by atoms with van der Waals surface area (Å²) in [5.41, 5.74) is 21.1. The Balaban J connectivity index is 0.00000236. The molecule has 1 heterocycles. The lowest BCUT2D eigenvalue weighted by molar-refractivity contribution is 1.11. The number of fused-ring (bicyclic) bond motifs is 5. The molecule has 13 rings (SSSR count). The number of aromatic nitrogens is 1. The average Bonchev–Trinajstić information content (AvgIpc) is 2.13. The standard InChI is InChI=1S/C81H64N2.C3H6/c1-6-25-56(8-3)67(9-4)60(26-7-2)52-63-54-82(78-48-43-61(53-76(63)78)69-34-19-18-33-68(69)58-28-12-10-13-29-58)64-44-46-66(47-45-64)83(65-31-14-11-15-32-65)79-50-55(5)49-77-70(79)39-24-40-75(77)81-73-37-22-20-35-71(73)80(72-36-21-23-38-74(72)81)62-42-41-57-27-16-17-30-59(57)51-62;1-3-2/h6-8,10-54H,3,9H2,1-2,4-5H3;3H,1H2,2H3/b25-6+,26-7-,60-52+,67-56-;. The van der Waals surface area contributed by atoms with Gasteiger partial charge >= 0.3 is 0 Å². The van der Waals surface area contributed by atoms with E-state index in [0.29, 0.717) is 0 Å². The van der Waals surface area contributed by atoms with Crippen LogP contribution in [-0.2, 0) is 0 Å². The molecule has 0 aliphatic carbocycles. The van der Waals surface area contributed by atoms with Crippen LogP contribution in [0, 0.1) is 6.92 Å². The molecule has 0 unspecified atom stereocenters. The lowest BCUT2D eigenvalue weighted by atomic mass is 9.84. The van der Waals surface area contributed by atoms with Crippen molar-refractivity contribution >= 4 is 77.1 Å². The predicted octanol–water partition coefficient (Wildman–Crippen LogP) is 24.3. The first kappa shape index (κ1) is 56.0. The van der Waals surface area contributed by atoms with E-state index in [1.54, 1.807) is 6.08 Å². The number of benzene rings is 12. The van der Waals surface area contributed by atoms with E-state index in [9.17, 15) is 0 Å². The Morgan fingerprint density at radius 3 is 1.66 bits per heavy atom. The van der Waals surface area contributed by atoms with Gasteiger partial charge in [-0.15, -0.1) is 6.58 Å². The minimum atomic E-state index is 0.862. The minimum Gasteiger partial charge on any atom is -0.316 e. The molecule has 2 nitrogen and oxygen atoms in total. The molecule has 86 heavy (non-hydrogen) atoms. The molecule has 0 saturated carbocycles. The van der Waals surface area contributed by atoms with E-state index in [0.717, 1.165) is 45.8 Å². The Hall–Kier alpha value is -10.5. The van der Waals surface area contributed by atoms with E-state index in [-0.39, 0.29) is 0 Å². The quantitative estimate of drug-likeness (QED) is 0.0598. The summed E-state index contributed by atoms with van der Waals surface area (Å²) >= 11 is 0. The van der Waals surface area contributed by atoms with Crippen LogP contribution in [0.25, 0.3) is 110 Å². The number of para-hydroxylation sites is 1. The molecule has 0 aliphatic rings. The summed E-state index contributed by atoms with van der Waals surface area (Å²) in [7, 11) is 0. The lowest BCUT2D eigenvalue weighted by Crippen LogP contribution is -2.11. The number of aryl methyl sites for hydroxylation is 1. The van der Waals surface area contributed by atoms with Crippen LogP contribution >= 0.6 is 0 Å². The molecule has 0 spiro atoms. The Labute approximate surface area is 507 Å². The van der Waals surface area contributed by atoms with E-state index in [1.807, 2.05) is 13.0 Å². The zero-order chi connectivity index (χ0) is 59.1. The zero-order valence-corrected chi connectivity index (χ0v) is 49.8. The van der Waals surface area contributed by atoms with E-state index in [2.05, 4.69) is 336 Å². The van der Waals surface area contributed by atoms with Crippen molar-refractivity contribution in [3.05, 3.63) is 332 Å². The topological polar surface area (TPSA) is 8.17 Å². The maximum Gasteiger partial charge on any atom is 0.0542 e. The van der Waals surface area contributed by atoms with Crippen LogP contribution in [0.1, 0.15) is 45.2 Å². The van der Waals surface area contributed by atoms with Crippen molar-refractivity contribution in [3.8, 4) is 50.2 Å². The van der Waals surface area contributed by atoms with Gasteiger partial charge in [0.1, 0.15) is 0 Å². The van der Waals surface area contributed by atoms with Crippen LogP contribution < -0.4 is 4.90 Å². The molecule has 416 valence electrons. The Morgan fingerprint density at radius 2 is 1.01 bits per heavy atom. The minimum absolute atomic E-state index is 0.862. The highest BCUT2D eigenvalue weighted by atomic mass is 15.1. The van der Waals surface area contributed by atoms with Gasteiger partial charge in [-0.05, 0) is 205 Å². The van der Waals surface area contributed by atoms with Crippen LogP contribution in [0.3, 0.4) is 0 Å². The highest BCUT2D eigenvalue weighted by molar-refractivity contribution is 6.24. The largest absolute Gasteiger partial charge is 0.316 e. The van der Waals surface area contributed by atoms with Crippen molar-refractivity contribution in [2.24, 2.45) is 0 Å². The van der Waals surface area contributed by atoms with Gasteiger partial charge in [-0.25, -0.2) is 0 Å². The molecule has 0 aliphatic heterocycles. The van der Waals surface area contributed by atoms with Gasteiger partial charge in [0.15, 0.2) is 0 Å². The van der Waals surface area contributed by atoms with Gasteiger partial charge in [0, 0.05) is 39.6 Å². The van der Waals surface area contributed by atoms with Crippen LogP contribution in [0.2, 0.25) is 0 Å². The number of hydrogen-bond acceptors (Lipinski definition) is 1. The van der Waals surface area contributed by atoms with Crippen molar-refractivity contribution < 1.29 is 0 Å². The normalized spacial score (nSPS) is 12.1. The van der Waals surface area contributed by atoms with Crippen LogP contribution in [0.5, 0.6) is 0 Å². The maximum atomic E-state index is 4.23. The van der Waals surface area contributed by atoms with Gasteiger partial charge in [0.05, 0.1) is 11.2 Å². The third-order valence-electron chi connectivity index (χ3n) is 16.4. The summed E-state index contributed by atoms with van der Waals surface area (Å²) in [6.07, 6.45) is 17.9. The first-order valence-electron chi connectivity index (χ1n) is 30.0. The van der Waals surface area contributed by atoms with Crippen molar-refractivity contribution in [1.82, 2.24) is 4.57 Å². The molecule has 0 amide bonds. The summed E-state index contributed by atoms with van der Waals surface area (Å²) in [5.74, 6) is 0. The van der Waals surface area contributed by atoms with Gasteiger partial charge in [-0.1, -0.05) is 238 Å². The summed E-state index contributed by atoms with van der Waals surface area (Å²) in [5, 5.41) is 11.0. The first-order valence-corrected chi connectivity index (χ1v) is 30.0. The fourth-order valence-corrected chi connectivity index (χ4v) is 12.7. The zero-order valence-electron chi connectivity index (χ0n) is 49.8. The highest BCUT2D eigenvalue weighted by Crippen LogP contribution is 2.48. The highest BCUT2D eigenvalue weighted by Gasteiger charge is 2.23. The fraction of sp³-hybridized carbons (Fsp3) is 0.0714. The molecule has 0 bridgehead atoms. The summed E-state index contributed by atoms with van der Waals surface area (Å²) in [6.45, 7) is 18.1. The van der Waals surface area contributed by atoms with E-state index in [1.165, 1.54) is 110 Å². The Morgan fingerprint density at radius 1 is 0.453 bits per heavy atom. The molecule has 0 atom stereocenters. The second-order valence-electron chi connectivity index (χ2n) is 21.9. The number of rotatable bonds is 14. The van der Waals surface area contributed by atoms with Gasteiger partial charge in [0.25, 0.3) is 0 Å². The van der Waals surface area contributed by atoms with Gasteiger partial charge < -0.3 is 9.47 Å². The lowest BCUT2D eigenvalue weighted by Gasteiger charge is -2.28. The van der Waals surface area contributed by atoms with Crippen molar-refractivity contribution in [3.63, 3.8) is 0 Å². The summed E-state index contributed by atoms with van der Waals surface area (Å²) in [6, 6.07) is 91.6. The number of allylic oxidation sites excluding steroid dienone is 9. The molecule has 1 aromatic heterocycles. The van der Waals surface area contributed by atoms with E-state index in [4.69, 9.17) is 0 Å². The van der Waals surface area contributed by atoms with Crippen molar-refractivity contribution in [1.29, 1.82) is 0 Å². The fourth-order valence-electron chi connectivity index (χ4n) is 12.7. The number of nitrogens with zero attached hydrogens (tertiary/aromatic N) is 2. The molecule has 0 N–H and O–H groups in total. The van der Waals surface area contributed by atoms with Crippen LogP contribution in [-0.4, -0.2) is 4.57 Å². The van der Waals surface area contributed by atoms with Gasteiger partial charge in [0.2, 0.25) is 0 Å². The van der Waals surface area contributed by atoms with Crippen molar-refractivity contribution in [2.75, 3.05) is 4.90 Å². The molecule has 0 radical (unpaired) electrons. The number of hydrogen-bond donors (Lipinski definition) is 0. The number of anilines is 3. The van der Waals surface area contributed by atoms with Gasteiger partial charge in [-0.3, -0.25) is 0 Å². The molecule has 13 aromatic rings. The third kappa shape index (κ3) is 10.7. The monoisotopic (exact) mass is 1110 g/mol. The second kappa shape index (κ2) is 25.1. The second-order valence-corrected chi connectivity index (χ2v) is 21.9. The molecular formula is C84H70N2. The summed E-state index contributed by atoms with van der Waals surface area (Å²) in [4.78, 5) is 2.43. The Bertz CT molecular complexity index is 4740. The molecular weight excluding hydrogens is 1040 g/mol. The SMILES string of the molecule is C=CC.C=CC(/C=C/C)=C(CC)/C(/C=C\C)=C/c1cn(-c2ccc(N(c3ccccc3)c3cc(C)cc4c(-c5c6ccccc6c(-c6ccc7ccccc7c6)c6ccccc56)cccc34)cc2)c2ccc(-c3ccccc3-c3ccccc3)cc12. The smallest absolute Gasteiger partial charge is 0.0542 e. The van der Waals surface area contributed by atoms with Gasteiger partial charge in [-0.2, -0.15) is 0 Å². The summed E-state index contributed by atoms with van der Waals surface area (Å²) < 4.78 is 2.36. The molecule has 12 aromatic carbocycles. The first-order chi connectivity index (χ1) is 42.3.